The Labute approximate surface area is 97.5 Å². The van der Waals surface area contributed by atoms with Crippen molar-refractivity contribution in [3.8, 4) is 0 Å². The Kier molecular flexibility index (Phi) is 5.71. The summed E-state index contributed by atoms with van der Waals surface area (Å²) < 4.78 is 4.81. The van der Waals surface area contributed by atoms with Crippen molar-refractivity contribution in [1.82, 2.24) is 0 Å². The third-order valence-corrected chi connectivity index (χ3v) is 3.19. The zero-order chi connectivity index (χ0) is 12.0. The lowest BCUT2D eigenvalue weighted by Crippen LogP contribution is -2.13. The van der Waals surface area contributed by atoms with E-state index in [1.165, 1.54) is 7.11 Å². The molecule has 0 aromatic rings. The Bertz CT molecular complexity index is 248. The Morgan fingerprint density at radius 2 is 2.31 bits per heavy atom. The van der Waals surface area contributed by atoms with Crippen LogP contribution in [0.2, 0.25) is 0 Å². The highest BCUT2D eigenvalue weighted by Gasteiger charge is 2.32. The van der Waals surface area contributed by atoms with E-state index in [0.717, 1.165) is 19.3 Å². The van der Waals surface area contributed by atoms with Crippen LogP contribution < -0.4 is 0 Å². The molecule has 0 aliphatic heterocycles. The van der Waals surface area contributed by atoms with Crippen molar-refractivity contribution in [2.24, 2.45) is 11.8 Å². The van der Waals surface area contributed by atoms with Gasteiger partial charge in [-0.25, -0.2) is 0 Å². The number of carbonyl (C=O) groups excluding carboxylic acids is 1. The Balaban J connectivity index is 2.35. The lowest BCUT2D eigenvalue weighted by Gasteiger charge is -2.13. The van der Waals surface area contributed by atoms with Gasteiger partial charge in [0.25, 0.3) is 0 Å². The number of ketones is 1. The molecule has 0 radical (unpaired) electrons. The van der Waals surface area contributed by atoms with Gasteiger partial charge in [-0.15, -0.1) is 0 Å². The number of rotatable bonds is 6. The molecule has 0 spiro atoms. The quantitative estimate of drug-likeness (QED) is 0.558. The molecular weight excluding hydrogens is 204 g/mol. The van der Waals surface area contributed by atoms with Crippen molar-refractivity contribution in [3.05, 3.63) is 12.2 Å². The van der Waals surface area contributed by atoms with E-state index in [0.29, 0.717) is 24.5 Å². The first-order chi connectivity index (χ1) is 7.67. The van der Waals surface area contributed by atoms with E-state index in [4.69, 9.17) is 4.74 Å². The maximum atomic E-state index is 11.7. The summed E-state index contributed by atoms with van der Waals surface area (Å²) in [7, 11) is 1.49. The third kappa shape index (κ3) is 4.06. The minimum Gasteiger partial charge on any atom is -0.368 e. The number of aliphatic hydroxyl groups excluding tert-OH is 1. The van der Waals surface area contributed by atoms with E-state index in [-0.39, 0.29) is 5.92 Å². The summed E-state index contributed by atoms with van der Waals surface area (Å²) in [5, 5.41) is 9.36. The van der Waals surface area contributed by atoms with E-state index in [1.807, 2.05) is 0 Å². The maximum Gasteiger partial charge on any atom is 0.154 e. The number of Topliss-reactive ketones (excluding diaryl/α,β-unsaturated/α-hetero) is 1. The summed E-state index contributed by atoms with van der Waals surface area (Å²) >= 11 is 0. The number of ether oxygens (including phenoxy) is 1. The second-order valence-corrected chi connectivity index (χ2v) is 4.51. The lowest BCUT2D eigenvalue weighted by atomic mass is 9.99. The summed E-state index contributed by atoms with van der Waals surface area (Å²) in [4.78, 5) is 11.7. The Hall–Kier alpha value is -0.670. The monoisotopic (exact) mass is 226 g/mol. The number of hydrogen-bond donors (Lipinski definition) is 1. The molecule has 0 amide bonds. The molecular formula is C13H22O3. The largest absolute Gasteiger partial charge is 0.368 e. The predicted molar refractivity (Wildman–Crippen MR) is 62.9 cm³/mol. The predicted octanol–water partition coefficient (Wildman–Crippen LogP) is 2.29. The summed E-state index contributed by atoms with van der Waals surface area (Å²) in [6.07, 6.45) is 7.43. The molecule has 0 heterocycles. The van der Waals surface area contributed by atoms with Gasteiger partial charge < -0.3 is 9.84 Å². The van der Waals surface area contributed by atoms with Crippen LogP contribution in [0.5, 0.6) is 0 Å². The fourth-order valence-corrected chi connectivity index (χ4v) is 2.28. The molecule has 16 heavy (non-hydrogen) atoms. The number of aliphatic hydroxyl groups is 1. The van der Waals surface area contributed by atoms with Crippen LogP contribution in [-0.4, -0.2) is 24.3 Å². The normalized spacial score (nSPS) is 27.8. The van der Waals surface area contributed by atoms with Gasteiger partial charge in [0.1, 0.15) is 5.78 Å². The van der Waals surface area contributed by atoms with Crippen LogP contribution >= 0.6 is 0 Å². The van der Waals surface area contributed by atoms with Crippen molar-refractivity contribution < 1.29 is 14.6 Å². The first-order valence-electron chi connectivity index (χ1n) is 6.05. The molecule has 0 aromatic carbocycles. The average molecular weight is 226 g/mol. The van der Waals surface area contributed by atoms with Crippen molar-refractivity contribution in [3.63, 3.8) is 0 Å². The molecule has 3 nitrogen and oxygen atoms in total. The van der Waals surface area contributed by atoms with E-state index in [1.54, 1.807) is 0 Å². The molecule has 1 aliphatic carbocycles. The van der Waals surface area contributed by atoms with Gasteiger partial charge in [-0.3, -0.25) is 4.79 Å². The second-order valence-electron chi connectivity index (χ2n) is 4.51. The van der Waals surface area contributed by atoms with Crippen molar-refractivity contribution in [2.45, 2.75) is 45.3 Å². The zero-order valence-electron chi connectivity index (χ0n) is 10.2. The Morgan fingerprint density at radius 1 is 1.56 bits per heavy atom. The smallest absolute Gasteiger partial charge is 0.154 e. The molecule has 1 rings (SSSR count). The highest BCUT2D eigenvalue weighted by atomic mass is 16.6. The van der Waals surface area contributed by atoms with Crippen molar-refractivity contribution >= 4 is 5.78 Å². The number of allylic oxidation sites excluding steroid dienone is 2. The van der Waals surface area contributed by atoms with E-state index < -0.39 is 6.29 Å². The summed E-state index contributed by atoms with van der Waals surface area (Å²) in [5.74, 6) is 0.799. The van der Waals surface area contributed by atoms with Crippen LogP contribution in [-0.2, 0) is 9.53 Å². The van der Waals surface area contributed by atoms with Gasteiger partial charge in [0.05, 0.1) is 0 Å². The highest BCUT2D eigenvalue weighted by molar-refractivity contribution is 5.83. The molecule has 1 aliphatic rings. The van der Waals surface area contributed by atoms with Gasteiger partial charge in [0.2, 0.25) is 0 Å². The molecule has 3 unspecified atom stereocenters. The topological polar surface area (TPSA) is 46.5 Å². The number of hydrogen-bond acceptors (Lipinski definition) is 3. The van der Waals surface area contributed by atoms with Crippen LogP contribution in [0.1, 0.15) is 39.0 Å². The SMILES string of the molecule is CC/C=C\CC1CC(CC(O)OC)CC1=O. The average Bonchev–Trinajstić information content (AvgIpc) is 2.59. The standard InChI is InChI=1S/C13H22O3/c1-3-4-5-6-11-7-10(8-12(11)14)9-13(15)16-2/h4-5,10-11,13,15H,3,6-9H2,1-2H3/b5-4-. The van der Waals surface area contributed by atoms with Gasteiger partial charge in [0, 0.05) is 25.9 Å². The molecule has 1 saturated carbocycles. The Morgan fingerprint density at radius 3 is 2.94 bits per heavy atom. The van der Waals surface area contributed by atoms with Crippen LogP contribution in [0.4, 0.5) is 0 Å². The fourth-order valence-electron chi connectivity index (χ4n) is 2.28. The highest BCUT2D eigenvalue weighted by Crippen LogP contribution is 2.33. The van der Waals surface area contributed by atoms with Crippen molar-refractivity contribution in [2.75, 3.05) is 7.11 Å². The van der Waals surface area contributed by atoms with E-state index >= 15 is 0 Å². The summed E-state index contributed by atoms with van der Waals surface area (Å²) in [6.45, 7) is 2.09. The molecule has 1 fully saturated rings. The van der Waals surface area contributed by atoms with Crippen LogP contribution in [0.15, 0.2) is 12.2 Å². The zero-order valence-corrected chi connectivity index (χ0v) is 10.2. The molecule has 0 bridgehead atoms. The van der Waals surface area contributed by atoms with Gasteiger partial charge >= 0.3 is 0 Å². The third-order valence-electron chi connectivity index (χ3n) is 3.19. The second kappa shape index (κ2) is 6.81. The number of carbonyl (C=O) groups is 1. The minimum atomic E-state index is -0.720. The van der Waals surface area contributed by atoms with Gasteiger partial charge in [0.15, 0.2) is 6.29 Å². The van der Waals surface area contributed by atoms with Crippen LogP contribution in [0.3, 0.4) is 0 Å². The van der Waals surface area contributed by atoms with Gasteiger partial charge in [-0.1, -0.05) is 19.1 Å². The molecule has 92 valence electrons. The van der Waals surface area contributed by atoms with E-state index in [9.17, 15) is 9.90 Å². The summed E-state index contributed by atoms with van der Waals surface area (Å²) in [5.41, 5.74) is 0. The lowest BCUT2D eigenvalue weighted by molar-refractivity contribution is -0.121. The van der Waals surface area contributed by atoms with Crippen LogP contribution in [0, 0.1) is 11.8 Å². The molecule has 3 atom stereocenters. The summed E-state index contributed by atoms with van der Waals surface area (Å²) in [6, 6.07) is 0. The molecule has 0 aromatic heterocycles. The van der Waals surface area contributed by atoms with Gasteiger partial charge in [-0.05, 0) is 25.2 Å². The molecule has 0 saturated heterocycles. The first kappa shape index (κ1) is 13.4. The number of methoxy groups -OCH3 is 1. The molecule has 1 N–H and O–H groups in total. The van der Waals surface area contributed by atoms with Crippen molar-refractivity contribution in [1.29, 1.82) is 0 Å². The minimum absolute atomic E-state index is 0.164. The van der Waals surface area contributed by atoms with Gasteiger partial charge in [-0.2, -0.15) is 0 Å². The first-order valence-corrected chi connectivity index (χ1v) is 6.05. The maximum absolute atomic E-state index is 11.7. The fraction of sp³-hybridized carbons (Fsp3) is 0.769. The van der Waals surface area contributed by atoms with E-state index in [2.05, 4.69) is 19.1 Å². The molecule has 3 heteroatoms. The van der Waals surface area contributed by atoms with Crippen LogP contribution in [0.25, 0.3) is 0 Å².